The number of imidazole rings is 1. The number of benzene rings is 3. The monoisotopic (exact) mass is 471 g/mol. The fourth-order valence-corrected chi connectivity index (χ4v) is 4.43. The van der Waals surface area contributed by atoms with Crippen molar-refractivity contribution in [3.63, 3.8) is 0 Å². The Morgan fingerprint density at radius 1 is 0.912 bits per heavy atom. The molecule has 6 nitrogen and oxygen atoms in total. The van der Waals surface area contributed by atoms with E-state index in [0.717, 1.165) is 16.6 Å². The molecule has 5 aromatic rings. The molecule has 172 valence electrons. The Labute approximate surface area is 202 Å². The van der Waals surface area contributed by atoms with Crippen LogP contribution in [0.1, 0.15) is 22.2 Å². The Morgan fingerprint density at radius 3 is 2.09 bits per heavy atom. The largest absolute Gasteiger partial charge is 0.493 e. The number of thiazole rings is 1. The number of carbonyl (C=O) groups is 1. The van der Waals surface area contributed by atoms with Gasteiger partial charge in [0.05, 0.1) is 35.8 Å². The van der Waals surface area contributed by atoms with Gasteiger partial charge in [0, 0.05) is 24.6 Å². The van der Waals surface area contributed by atoms with Crippen LogP contribution in [0.5, 0.6) is 11.5 Å². The molecular weight excluding hydrogens is 446 g/mol. The van der Waals surface area contributed by atoms with Crippen molar-refractivity contribution < 1.29 is 14.3 Å². The number of ether oxygens (including phenoxy) is 2. The van der Waals surface area contributed by atoms with E-state index >= 15 is 0 Å². The molecule has 7 heteroatoms. The molecule has 0 N–H and O–H groups in total. The van der Waals surface area contributed by atoms with Crippen LogP contribution in [0.15, 0.2) is 79.1 Å². The van der Waals surface area contributed by atoms with Crippen molar-refractivity contribution in [3.8, 4) is 27.9 Å². The van der Waals surface area contributed by atoms with Crippen molar-refractivity contribution >= 4 is 28.2 Å². The number of hydrogen-bond donors (Lipinski definition) is 0. The summed E-state index contributed by atoms with van der Waals surface area (Å²) in [5, 5.41) is 0.675. The summed E-state index contributed by atoms with van der Waals surface area (Å²) in [6, 6.07) is 23.6. The Morgan fingerprint density at radius 2 is 1.53 bits per heavy atom. The molecule has 34 heavy (non-hydrogen) atoms. The Hall–Kier alpha value is -3.97. The summed E-state index contributed by atoms with van der Waals surface area (Å²) in [6.07, 6.45) is 1.70. The minimum absolute atomic E-state index is 0.0127. The number of carbonyl (C=O) groups excluding carboxylic acids is 1. The van der Waals surface area contributed by atoms with Crippen LogP contribution in [-0.2, 0) is 0 Å². The van der Waals surface area contributed by atoms with Gasteiger partial charge < -0.3 is 9.47 Å². The number of aromatic nitrogens is 3. The van der Waals surface area contributed by atoms with E-state index in [2.05, 4.69) is 24.0 Å². The van der Waals surface area contributed by atoms with Crippen LogP contribution in [0.2, 0.25) is 0 Å². The molecule has 0 bridgehead atoms. The molecule has 0 aliphatic rings. The average molecular weight is 472 g/mol. The number of ketones is 1. The maximum absolute atomic E-state index is 12.2. The Balaban J connectivity index is 0.000000336. The summed E-state index contributed by atoms with van der Waals surface area (Å²) in [5.41, 5.74) is 4.51. The van der Waals surface area contributed by atoms with Crippen molar-refractivity contribution in [2.75, 3.05) is 14.2 Å². The van der Waals surface area contributed by atoms with Crippen LogP contribution in [0.3, 0.4) is 0 Å². The van der Waals surface area contributed by atoms with Crippen LogP contribution in [0, 0.1) is 6.92 Å². The van der Waals surface area contributed by atoms with Crippen LogP contribution in [0.25, 0.3) is 27.4 Å². The summed E-state index contributed by atoms with van der Waals surface area (Å²) in [6.45, 7) is 3.64. The van der Waals surface area contributed by atoms with Gasteiger partial charge in [-0.25, -0.2) is 9.97 Å². The van der Waals surface area contributed by atoms with E-state index in [0.29, 0.717) is 27.2 Å². The minimum Gasteiger partial charge on any atom is -0.493 e. The van der Waals surface area contributed by atoms with Crippen molar-refractivity contribution in [2.45, 2.75) is 13.8 Å². The van der Waals surface area contributed by atoms with Gasteiger partial charge in [-0.15, -0.1) is 0 Å². The van der Waals surface area contributed by atoms with Crippen LogP contribution >= 0.6 is 11.3 Å². The molecule has 0 atom stereocenters. The zero-order chi connectivity index (χ0) is 24.1. The Bertz CT molecular complexity index is 1410. The lowest BCUT2D eigenvalue weighted by Gasteiger charge is -2.07. The van der Waals surface area contributed by atoms with Crippen molar-refractivity contribution in [3.05, 3.63) is 89.6 Å². The molecule has 0 aliphatic heterocycles. The first kappa shape index (κ1) is 23.2. The quantitative estimate of drug-likeness (QED) is 0.279. The second-order valence-electron chi connectivity index (χ2n) is 7.56. The van der Waals surface area contributed by atoms with Gasteiger partial charge in [-0.1, -0.05) is 77.6 Å². The zero-order valence-corrected chi connectivity index (χ0v) is 20.3. The third-order valence-electron chi connectivity index (χ3n) is 5.18. The number of nitrogens with zero attached hydrogens (tertiary/aromatic N) is 3. The summed E-state index contributed by atoms with van der Waals surface area (Å²) in [4.78, 5) is 22.0. The van der Waals surface area contributed by atoms with Crippen molar-refractivity contribution in [1.82, 2.24) is 14.5 Å². The second kappa shape index (κ2) is 10.3. The van der Waals surface area contributed by atoms with Crippen LogP contribution in [0.4, 0.5) is 0 Å². The standard InChI is InChI=1S/C20H17N3O3S.C7H8/c1-12(24)19-18(13-7-5-4-6-8-13)22-20(27-19)23-11-21-14-9-16(25-2)17(26-3)10-15(14)23;1-7-5-3-2-4-6-7/h4-11H,1-3H3;2-6H,1H3. The molecule has 2 heterocycles. The molecule has 0 spiro atoms. The SMILES string of the molecule is COc1cc2ncn(-c3nc(-c4ccccc4)c(C(C)=O)s3)c2cc1OC.Cc1ccccc1. The lowest BCUT2D eigenvalue weighted by Crippen LogP contribution is -1.94. The molecule has 0 saturated heterocycles. The molecule has 0 aliphatic carbocycles. The molecular formula is C27H25N3O3S. The highest BCUT2D eigenvalue weighted by atomic mass is 32.1. The molecule has 0 unspecified atom stereocenters. The fourth-order valence-electron chi connectivity index (χ4n) is 3.47. The summed E-state index contributed by atoms with van der Waals surface area (Å²) in [7, 11) is 3.18. The topological polar surface area (TPSA) is 66.2 Å². The first-order valence-corrected chi connectivity index (χ1v) is 11.5. The molecule has 2 aromatic heterocycles. The zero-order valence-electron chi connectivity index (χ0n) is 19.5. The average Bonchev–Trinajstić information content (AvgIpc) is 3.49. The predicted octanol–water partition coefficient (Wildman–Crippen LogP) is 6.36. The highest BCUT2D eigenvalue weighted by molar-refractivity contribution is 7.16. The lowest BCUT2D eigenvalue weighted by molar-refractivity contribution is 0.102. The van der Waals surface area contributed by atoms with Gasteiger partial charge in [0.15, 0.2) is 22.4 Å². The van der Waals surface area contributed by atoms with Gasteiger partial charge in [-0.3, -0.25) is 9.36 Å². The highest BCUT2D eigenvalue weighted by Crippen LogP contribution is 2.35. The maximum atomic E-state index is 12.2. The van der Waals surface area contributed by atoms with Gasteiger partial charge in [0.25, 0.3) is 0 Å². The van der Waals surface area contributed by atoms with Gasteiger partial charge >= 0.3 is 0 Å². The van der Waals surface area contributed by atoms with Crippen molar-refractivity contribution in [2.24, 2.45) is 0 Å². The highest BCUT2D eigenvalue weighted by Gasteiger charge is 2.19. The third kappa shape index (κ3) is 4.84. The molecule has 0 fully saturated rings. The fraction of sp³-hybridized carbons (Fsp3) is 0.148. The van der Waals surface area contributed by atoms with Gasteiger partial charge in [-0.2, -0.15) is 0 Å². The number of rotatable bonds is 5. The summed E-state index contributed by atoms with van der Waals surface area (Å²) in [5.74, 6) is 1.21. The first-order valence-electron chi connectivity index (χ1n) is 10.7. The van der Waals surface area contributed by atoms with Crippen LogP contribution < -0.4 is 9.47 Å². The van der Waals surface area contributed by atoms with Gasteiger partial charge in [0.2, 0.25) is 0 Å². The van der Waals surface area contributed by atoms with Gasteiger partial charge in [0.1, 0.15) is 6.33 Å². The van der Waals surface area contributed by atoms with E-state index in [-0.39, 0.29) is 5.78 Å². The number of aryl methyl sites for hydroxylation is 1. The van der Waals surface area contributed by atoms with E-state index in [4.69, 9.17) is 14.5 Å². The molecule has 5 rings (SSSR count). The van der Waals surface area contributed by atoms with E-state index in [9.17, 15) is 4.79 Å². The van der Waals surface area contributed by atoms with E-state index < -0.39 is 0 Å². The lowest BCUT2D eigenvalue weighted by atomic mass is 10.1. The first-order chi connectivity index (χ1) is 16.5. The van der Waals surface area contributed by atoms with E-state index in [1.54, 1.807) is 27.5 Å². The third-order valence-corrected chi connectivity index (χ3v) is 6.34. The normalized spacial score (nSPS) is 10.5. The number of Topliss-reactive ketones (excluding diaryl/α,β-unsaturated/α-hetero) is 1. The van der Waals surface area contributed by atoms with Crippen molar-refractivity contribution in [1.29, 1.82) is 0 Å². The molecule has 0 amide bonds. The number of methoxy groups -OCH3 is 2. The smallest absolute Gasteiger partial charge is 0.196 e. The number of hydrogen-bond acceptors (Lipinski definition) is 6. The molecule has 0 radical (unpaired) electrons. The van der Waals surface area contributed by atoms with Gasteiger partial charge in [-0.05, 0) is 6.92 Å². The van der Waals surface area contributed by atoms with E-state index in [1.807, 2.05) is 65.2 Å². The molecule has 3 aromatic carbocycles. The maximum Gasteiger partial charge on any atom is 0.196 e. The molecule has 0 saturated carbocycles. The second-order valence-corrected chi connectivity index (χ2v) is 8.54. The number of fused-ring (bicyclic) bond motifs is 1. The predicted molar refractivity (Wildman–Crippen MR) is 136 cm³/mol. The van der Waals surface area contributed by atoms with E-state index in [1.165, 1.54) is 16.9 Å². The summed E-state index contributed by atoms with van der Waals surface area (Å²) < 4.78 is 12.6. The Kier molecular flexibility index (Phi) is 7.04. The minimum atomic E-state index is -0.0127. The van der Waals surface area contributed by atoms with Crippen LogP contribution in [-0.4, -0.2) is 34.5 Å². The summed E-state index contributed by atoms with van der Waals surface area (Å²) >= 11 is 1.35.